The van der Waals surface area contributed by atoms with Gasteiger partial charge in [-0.1, -0.05) is 43.5 Å². The van der Waals surface area contributed by atoms with Crippen LogP contribution < -0.4 is 5.32 Å². The van der Waals surface area contributed by atoms with Gasteiger partial charge in [-0.2, -0.15) is 0 Å². The van der Waals surface area contributed by atoms with Crippen molar-refractivity contribution in [3.05, 3.63) is 47.8 Å². The topological polar surface area (TPSA) is 38.1 Å². The van der Waals surface area contributed by atoms with Crippen molar-refractivity contribution < 1.29 is 4.42 Å². The fourth-order valence-electron chi connectivity index (χ4n) is 3.13. The third-order valence-corrected chi connectivity index (χ3v) is 5.22. The Morgan fingerprint density at radius 2 is 1.83 bits per heavy atom. The van der Waals surface area contributed by atoms with Gasteiger partial charge in [-0.25, -0.2) is 4.98 Å². The van der Waals surface area contributed by atoms with Crippen LogP contribution in [0, 0.1) is 0 Å². The van der Waals surface area contributed by atoms with Gasteiger partial charge in [0.25, 0.3) is 0 Å². The first-order chi connectivity index (χ1) is 11.4. The van der Waals surface area contributed by atoms with Gasteiger partial charge in [-0.05, 0) is 36.4 Å². The van der Waals surface area contributed by atoms with Crippen LogP contribution in [0.1, 0.15) is 32.1 Å². The van der Waals surface area contributed by atoms with Gasteiger partial charge < -0.3 is 9.73 Å². The summed E-state index contributed by atoms with van der Waals surface area (Å²) in [5.41, 5.74) is 1.95. The molecule has 1 aliphatic carbocycles. The highest BCUT2D eigenvalue weighted by Crippen LogP contribution is 2.36. The second kappa shape index (κ2) is 6.59. The standard InChI is InChI=1S/C19H20N2OS/c1-3-8-14(9-4-1)18-21-17(16-12-7-13-23-16)19(22-18)20-15-10-5-2-6-11-15/h1,3-4,7-9,12-13,15,20H,2,5-6,10-11H2. The predicted molar refractivity (Wildman–Crippen MR) is 95.7 cm³/mol. The molecule has 4 rings (SSSR count). The van der Waals surface area contributed by atoms with Crippen LogP contribution in [-0.2, 0) is 0 Å². The molecule has 4 heteroatoms. The highest BCUT2D eigenvalue weighted by molar-refractivity contribution is 7.13. The fourth-order valence-corrected chi connectivity index (χ4v) is 3.85. The number of hydrogen-bond donors (Lipinski definition) is 1. The van der Waals surface area contributed by atoms with E-state index in [0.717, 1.165) is 22.0 Å². The minimum absolute atomic E-state index is 0.499. The molecule has 0 amide bonds. The van der Waals surface area contributed by atoms with Crippen LogP contribution in [0.2, 0.25) is 0 Å². The second-order valence-electron chi connectivity index (χ2n) is 6.02. The molecule has 2 heterocycles. The number of anilines is 1. The van der Waals surface area contributed by atoms with Crippen LogP contribution in [-0.4, -0.2) is 11.0 Å². The lowest BCUT2D eigenvalue weighted by atomic mass is 9.95. The minimum atomic E-state index is 0.499. The highest BCUT2D eigenvalue weighted by Gasteiger charge is 2.21. The first-order valence-electron chi connectivity index (χ1n) is 8.27. The molecule has 23 heavy (non-hydrogen) atoms. The Hall–Kier alpha value is -2.07. The lowest BCUT2D eigenvalue weighted by Crippen LogP contribution is -2.22. The van der Waals surface area contributed by atoms with Crippen molar-refractivity contribution in [2.75, 3.05) is 5.32 Å². The van der Waals surface area contributed by atoms with Crippen molar-refractivity contribution in [2.45, 2.75) is 38.1 Å². The normalized spacial score (nSPS) is 15.7. The van der Waals surface area contributed by atoms with Gasteiger partial charge in [0, 0.05) is 11.6 Å². The summed E-state index contributed by atoms with van der Waals surface area (Å²) in [5, 5.41) is 5.69. The average molecular weight is 324 g/mol. The van der Waals surface area contributed by atoms with Crippen molar-refractivity contribution in [1.29, 1.82) is 0 Å². The molecule has 0 radical (unpaired) electrons. The molecule has 1 aliphatic rings. The van der Waals surface area contributed by atoms with Crippen molar-refractivity contribution in [2.24, 2.45) is 0 Å². The van der Waals surface area contributed by atoms with Gasteiger partial charge in [0.05, 0.1) is 4.88 Å². The summed E-state index contributed by atoms with van der Waals surface area (Å²) in [7, 11) is 0. The molecular weight excluding hydrogens is 304 g/mol. The lowest BCUT2D eigenvalue weighted by molar-refractivity contribution is 0.451. The molecule has 0 spiro atoms. The maximum Gasteiger partial charge on any atom is 0.229 e. The van der Waals surface area contributed by atoms with E-state index in [-0.39, 0.29) is 0 Å². The number of thiophene rings is 1. The number of benzene rings is 1. The van der Waals surface area contributed by atoms with Crippen LogP contribution in [0.25, 0.3) is 22.0 Å². The Balaban J connectivity index is 1.69. The van der Waals surface area contributed by atoms with E-state index in [0.29, 0.717) is 11.9 Å². The predicted octanol–water partition coefficient (Wildman–Crippen LogP) is 5.81. The fraction of sp³-hybridized carbons (Fsp3) is 0.316. The van der Waals surface area contributed by atoms with Gasteiger partial charge >= 0.3 is 0 Å². The van der Waals surface area contributed by atoms with Gasteiger partial charge in [0.15, 0.2) is 0 Å². The molecule has 2 aromatic heterocycles. The minimum Gasteiger partial charge on any atom is -0.420 e. The van der Waals surface area contributed by atoms with Crippen LogP contribution in [0.15, 0.2) is 52.3 Å². The monoisotopic (exact) mass is 324 g/mol. The van der Waals surface area contributed by atoms with E-state index >= 15 is 0 Å². The smallest absolute Gasteiger partial charge is 0.229 e. The molecule has 1 saturated carbocycles. The van der Waals surface area contributed by atoms with Crippen molar-refractivity contribution >= 4 is 17.2 Å². The SMILES string of the molecule is c1ccc(-c2nc(-c3cccs3)c(NC3CCCCC3)o2)cc1. The van der Waals surface area contributed by atoms with Gasteiger partial charge in [0.1, 0.15) is 5.69 Å². The quantitative estimate of drug-likeness (QED) is 0.657. The van der Waals surface area contributed by atoms with Gasteiger partial charge in [-0.3, -0.25) is 0 Å². The van der Waals surface area contributed by atoms with E-state index in [9.17, 15) is 0 Å². The Morgan fingerprint density at radius 3 is 2.57 bits per heavy atom. The molecule has 1 fully saturated rings. The first kappa shape index (κ1) is 14.5. The lowest BCUT2D eigenvalue weighted by Gasteiger charge is -2.22. The van der Waals surface area contributed by atoms with E-state index in [1.165, 1.54) is 32.1 Å². The molecular formula is C19H20N2OS. The summed E-state index contributed by atoms with van der Waals surface area (Å²) < 4.78 is 6.11. The number of nitrogens with one attached hydrogen (secondary N) is 1. The number of rotatable bonds is 4. The van der Waals surface area contributed by atoms with E-state index in [2.05, 4.69) is 22.8 Å². The average Bonchev–Trinajstić information content (AvgIpc) is 3.26. The molecule has 0 aliphatic heterocycles. The van der Waals surface area contributed by atoms with Crippen LogP contribution in [0.4, 0.5) is 5.88 Å². The van der Waals surface area contributed by atoms with E-state index < -0.39 is 0 Å². The van der Waals surface area contributed by atoms with Crippen molar-refractivity contribution in [3.8, 4) is 22.0 Å². The molecule has 3 nitrogen and oxygen atoms in total. The molecule has 0 saturated heterocycles. The maximum absolute atomic E-state index is 6.11. The first-order valence-corrected chi connectivity index (χ1v) is 9.15. The van der Waals surface area contributed by atoms with E-state index in [4.69, 9.17) is 9.40 Å². The van der Waals surface area contributed by atoms with E-state index in [1.54, 1.807) is 11.3 Å². The van der Waals surface area contributed by atoms with Gasteiger partial charge in [0.2, 0.25) is 11.8 Å². The van der Waals surface area contributed by atoms with Crippen molar-refractivity contribution in [1.82, 2.24) is 4.98 Å². The molecule has 0 bridgehead atoms. The third-order valence-electron chi connectivity index (χ3n) is 4.34. The summed E-state index contributed by atoms with van der Waals surface area (Å²) in [5.74, 6) is 1.51. The number of hydrogen-bond acceptors (Lipinski definition) is 4. The van der Waals surface area contributed by atoms with E-state index in [1.807, 2.05) is 30.3 Å². The number of nitrogens with zero attached hydrogens (tertiary/aromatic N) is 1. The Kier molecular flexibility index (Phi) is 4.16. The molecule has 1 N–H and O–H groups in total. The summed E-state index contributed by atoms with van der Waals surface area (Å²) in [6.45, 7) is 0. The Bertz CT molecular complexity index is 743. The Morgan fingerprint density at radius 1 is 1.00 bits per heavy atom. The molecule has 3 aromatic rings. The summed E-state index contributed by atoms with van der Waals surface area (Å²) in [6, 6.07) is 14.8. The molecule has 0 atom stereocenters. The van der Waals surface area contributed by atoms with Crippen LogP contribution in [0.5, 0.6) is 0 Å². The van der Waals surface area contributed by atoms with Gasteiger partial charge in [-0.15, -0.1) is 11.3 Å². The zero-order valence-corrected chi connectivity index (χ0v) is 13.8. The maximum atomic E-state index is 6.11. The summed E-state index contributed by atoms with van der Waals surface area (Å²) in [4.78, 5) is 5.92. The summed E-state index contributed by atoms with van der Waals surface area (Å²) >= 11 is 1.70. The third kappa shape index (κ3) is 3.17. The second-order valence-corrected chi connectivity index (χ2v) is 6.97. The van der Waals surface area contributed by atoms with Crippen LogP contribution >= 0.6 is 11.3 Å². The zero-order chi connectivity index (χ0) is 15.5. The molecule has 0 unspecified atom stereocenters. The molecule has 118 valence electrons. The Labute approximate surface area is 140 Å². The highest BCUT2D eigenvalue weighted by atomic mass is 32.1. The van der Waals surface area contributed by atoms with Crippen LogP contribution in [0.3, 0.4) is 0 Å². The number of aromatic nitrogens is 1. The largest absolute Gasteiger partial charge is 0.420 e. The molecule has 1 aromatic carbocycles. The number of oxazole rings is 1. The van der Waals surface area contributed by atoms with Crippen molar-refractivity contribution in [3.63, 3.8) is 0 Å². The summed E-state index contributed by atoms with van der Waals surface area (Å²) in [6.07, 6.45) is 6.37. The zero-order valence-electron chi connectivity index (χ0n) is 13.0.